The molecule has 2 saturated heterocycles. The number of nitrogens with one attached hydrogen (secondary N) is 1. The summed E-state index contributed by atoms with van der Waals surface area (Å²) in [6.07, 6.45) is 4.46. The largest absolute Gasteiger partial charge is 0.323 e. The van der Waals surface area contributed by atoms with Gasteiger partial charge >= 0.3 is 0 Å². The minimum absolute atomic E-state index is 0.0459. The third-order valence-corrected chi connectivity index (χ3v) is 4.46. The maximum Gasteiger partial charge on any atom is 0.241 e. The van der Waals surface area contributed by atoms with Crippen molar-refractivity contribution in [1.29, 1.82) is 0 Å². The van der Waals surface area contributed by atoms with Crippen molar-refractivity contribution in [3.63, 3.8) is 0 Å². The Morgan fingerprint density at radius 1 is 1.32 bits per heavy atom. The van der Waals surface area contributed by atoms with Gasteiger partial charge in [0.05, 0.1) is 12.2 Å². The van der Waals surface area contributed by atoms with E-state index in [0.717, 1.165) is 38.8 Å². The molecule has 1 amide bonds. The van der Waals surface area contributed by atoms with Crippen molar-refractivity contribution in [2.75, 3.05) is 20.1 Å². The van der Waals surface area contributed by atoms with E-state index in [9.17, 15) is 4.79 Å². The molecule has 0 aliphatic carbocycles. The molecule has 1 N–H and O–H groups in total. The third kappa shape index (κ3) is 3.29. The second kappa shape index (κ2) is 6.23. The predicted octanol–water partition coefficient (Wildman–Crippen LogP) is 1.66. The molecule has 2 aliphatic heterocycles. The third-order valence-electron chi connectivity index (χ3n) is 4.46. The molecular formula is C15H29N3O. The molecule has 0 aromatic rings. The van der Waals surface area contributed by atoms with E-state index in [1.807, 2.05) is 0 Å². The fourth-order valence-corrected chi connectivity index (χ4v) is 3.38. The number of hydrogen-bond donors (Lipinski definition) is 1. The lowest BCUT2D eigenvalue weighted by molar-refractivity contribution is -0.133. The lowest BCUT2D eigenvalue weighted by Gasteiger charge is -2.37. The van der Waals surface area contributed by atoms with Gasteiger partial charge in [-0.15, -0.1) is 0 Å². The molecule has 2 unspecified atom stereocenters. The summed E-state index contributed by atoms with van der Waals surface area (Å²) in [6, 6.07) is 0.489. The molecule has 0 bridgehead atoms. The first kappa shape index (κ1) is 14.8. The van der Waals surface area contributed by atoms with Gasteiger partial charge in [0.1, 0.15) is 0 Å². The van der Waals surface area contributed by atoms with E-state index in [-0.39, 0.29) is 12.2 Å². The topological polar surface area (TPSA) is 35.6 Å². The highest BCUT2D eigenvalue weighted by molar-refractivity contribution is 5.84. The number of piperidine rings is 1. The van der Waals surface area contributed by atoms with Crippen molar-refractivity contribution in [1.82, 2.24) is 15.1 Å². The molecule has 2 heterocycles. The number of hydrogen-bond acceptors (Lipinski definition) is 3. The maximum atomic E-state index is 12.6. The Balaban J connectivity index is 2.03. The zero-order valence-electron chi connectivity index (χ0n) is 12.9. The number of likely N-dealkylation sites (tertiary alicyclic amines) is 1. The van der Waals surface area contributed by atoms with E-state index in [1.165, 1.54) is 0 Å². The van der Waals surface area contributed by atoms with Crippen molar-refractivity contribution in [2.45, 2.75) is 64.7 Å². The lowest BCUT2D eigenvalue weighted by Crippen LogP contribution is -2.49. The van der Waals surface area contributed by atoms with E-state index >= 15 is 0 Å². The van der Waals surface area contributed by atoms with Crippen molar-refractivity contribution in [2.24, 2.45) is 5.92 Å². The quantitative estimate of drug-likeness (QED) is 0.841. The number of carbonyl (C=O) groups is 1. The molecule has 2 atom stereocenters. The van der Waals surface area contributed by atoms with Crippen LogP contribution >= 0.6 is 0 Å². The molecule has 0 spiro atoms. The van der Waals surface area contributed by atoms with Crippen LogP contribution in [-0.4, -0.2) is 54.1 Å². The second-order valence-electron chi connectivity index (χ2n) is 6.55. The van der Waals surface area contributed by atoms with Crippen LogP contribution in [0, 0.1) is 5.92 Å². The van der Waals surface area contributed by atoms with Crippen LogP contribution in [0.1, 0.15) is 46.5 Å². The van der Waals surface area contributed by atoms with Gasteiger partial charge in [-0.05, 0) is 51.7 Å². The number of nitrogens with zero attached hydrogens (tertiary/aromatic N) is 2. The highest BCUT2D eigenvalue weighted by Gasteiger charge is 2.42. The van der Waals surface area contributed by atoms with Gasteiger partial charge in [0.15, 0.2) is 0 Å². The molecule has 0 aromatic carbocycles. The molecule has 0 aromatic heterocycles. The van der Waals surface area contributed by atoms with Gasteiger partial charge in [-0.3, -0.25) is 10.1 Å². The van der Waals surface area contributed by atoms with Crippen molar-refractivity contribution < 1.29 is 4.79 Å². The van der Waals surface area contributed by atoms with Gasteiger partial charge in [-0.25, -0.2) is 0 Å². The number of rotatable bonds is 4. The number of carbonyl (C=O) groups excluding carboxylic acids is 1. The average Bonchev–Trinajstić information content (AvgIpc) is 2.67. The summed E-state index contributed by atoms with van der Waals surface area (Å²) in [7, 11) is 2.17. The summed E-state index contributed by atoms with van der Waals surface area (Å²) in [6.45, 7) is 8.77. The molecular weight excluding hydrogens is 238 g/mol. The average molecular weight is 267 g/mol. The van der Waals surface area contributed by atoms with Crippen molar-refractivity contribution in [3.05, 3.63) is 0 Å². The molecule has 0 saturated carbocycles. The van der Waals surface area contributed by atoms with Crippen LogP contribution in [0.15, 0.2) is 0 Å². The van der Waals surface area contributed by atoms with Crippen LogP contribution in [0.2, 0.25) is 0 Å². The Morgan fingerprint density at radius 3 is 2.47 bits per heavy atom. The molecule has 2 fully saturated rings. The molecule has 4 nitrogen and oxygen atoms in total. The molecule has 4 heteroatoms. The minimum atomic E-state index is 0.0459. The van der Waals surface area contributed by atoms with Gasteiger partial charge in [-0.2, -0.15) is 0 Å². The zero-order valence-corrected chi connectivity index (χ0v) is 12.9. The van der Waals surface area contributed by atoms with Crippen LogP contribution in [0.5, 0.6) is 0 Å². The Hall–Kier alpha value is -0.610. The Labute approximate surface area is 117 Å². The van der Waals surface area contributed by atoms with E-state index in [1.54, 1.807) is 0 Å². The first-order valence-electron chi connectivity index (χ1n) is 7.79. The molecule has 2 aliphatic rings. The van der Waals surface area contributed by atoms with Crippen LogP contribution in [0.3, 0.4) is 0 Å². The van der Waals surface area contributed by atoms with Gasteiger partial charge in [0.25, 0.3) is 0 Å². The van der Waals surface area contributed by atoms with E-state index in [2.05, 4.69) is 42.9 Å². The van der Waals surface area contributed by atoms with Gasteiger partial charge in [0, 0.05) is 6.04 Å². The van der Waals surface area contributed by atoms with Crippen molar-refractivity contribution >= 4 is 5.91 Å². The fourth-order valence-electron chi connectivity index (χ4n) is 3.38. The normalized spacial score (nSPS) is 30.6. The Morgan fingerprint density at radius 2 is 1.95 bits per heavy atom. The Bertz CT molecular complexity index is 311. The standard InChI is InChI=1S/C15H29N3O/c1-5-14-16-13(10-11(2)3)15(19)18(14)12-6-8-17(4)9-7-12/h11-14,16H,5-10H2,1-4H3. The van der Waals surface area contributed by atoms with Gasteiger partial charge in [-0.1, -0.05) is 20.8 Å². The van der Waals surface area contributed by atoms with Gasteiger partial charge in [0.2, 0.25) is 5.91 Å². The first-order chi connectivity index (χ1) is 9.02. The molecule has 110 valence electrons. The van der Waals surface area contributed by atoms with Gasteiger partial charge < -0.3 is 9.80 Å². The highest BCUT2D eigenvalue weighted by Crippen LogP contribution is 2.26. The number of amides is 1. The highest BCUT2D eigenvalue weighted by atomic mass is 16.2. The van der Waals surface area contributed by atoms with Crippen LogP contribution in [-0.2, 0) is 4.79 Å². The van der Waals surface area contributed by atoms with Crippen LogP contribution in [0.4, 0.5) is 0 Å². The zero-order chi connectivity index (χ0) is 14.0. The SMILES string of the molecule is CCC1NC(CC(C)C)C(=O)N1C1CCN(C)CC1. The summed E-state index contributed by atoms with van der Waals surface area (Å²) in [5, 5.41) is 3.54. The summed E-state index contributed by atoms with van der Waals surface area (Å²) >= 11 is 0. The summed E-state index contributed by atoms with van der Waals surface area (Å²) < 4.78 is 0. The van der Waals surface area contributed by atoms with E-state index in [0.29, 0.717) is 17.9 Å². The van der Waals surface area contributed by atoms with Crippen LogP contribution < -0.4 is 5.32 Å². The minimum Gasteiger partial charge on any atom is -0.323 e. The summed E-state index contributed by atoms with van der Waals surface area (Å²) in [4.78, 5) is 17.2. The van der Waals surface area contributed by atoms with E-state index in [4.69, 9.17) is 0 Å². The first-order valence-corrected chi connectivity index (χ1v) is 7.79. The summed E-state index contributed by atoms with van der Waals surface area (Å²) in [5.41, 5.74) is 0. The molecule has 19 heavy (non-hydrogen) atoms. The maximum absolute atomic E-state index is 12.6. The molecule has 0 radical (unpaired) electrons. The van der Waals surface area contributed by atoms with Crippen molar-refractivity contribution in [3.8, 4) is 0 Å². The second-order valence-corrected chi connectivity index (χ2v) is 6.55. The monoisotopic (exact) mass is 267 g/mol. The molecule has 2 rings (SSSR count). The fraction of sp³-hybridized carbons (Fsp3) is 0.933. The Kier molecular flexibility index (Phi) is 4.85. The lowest BCUT2D eigenvalue weighted by atomic mass is 10.0. The summed E-state index contributed by atoms with van der Waals surface area (Å²) in [5.74, 6) is 0.909. The smallest absolute Gasteiger partial charge is 0.241 e. The van der Waals surface area contributed by atoms with E-state index < -0.39 is 0 Å². The van der Waals surface area contributed by atoms with Crippen LogP contribution in [0.25, 0.3) is 0 Å². The predicted molar refractivity (Wildman–Crippen MR) is 77.8 cm³/mol.